The number of aryl methyl sites for hydroxylation is 1. The van der Waals surface area contributed by atoms with Crippen molar-refractivity contribution >= 4 is 18.0 Å². The molecule has 2 aromatic carbocycles. The third kappa shape index (κ3) is 6.38. The monoisotopic (exact) mass is 562 g/mol. The molecule has 2 heterocycles. The highest BCUT2D eigenvalue weighted by atomic mass is 19.3. The summed E-state index contributed by atoms with van der Waals surface area (Å²) in [6, 6.07) is 17.3. The fraction of sp³-hybridized carbons (Fsp3) is 0.323. The number of ether oxygens (including phenoxy) is 2. The molecule has 1 fully saturated rings. The van der Waals surface area contributed by atoms with Crippen LogP contribution in [0.25, 0.3) is 11.3 Å². The van der Waals surface area contributed by atoms with Gasteiger partial charge in [-0.3, -0.25) is 4.90 Å². The molecule has 1 atom stereocenters. The average Bonchev–Trinajstić information content (AvgIpc) is 3.56. The number of carboxylic acid groups (broad SMARTS) is 1. The normalized spacial score (nSPS) is 18.1. The zero-order valence-electron chi connectivity index (χ0n) is 22.9. The molecule has 5 rings (SSSR count). The van der Waals surface area contributed by atoms with Crippen molar-refractivity contribution in [3.63, 3.8) is 0 Å². The van der Waals surface area contributed by atoms with E-state index in [1.807, 2.05) is 37.3 Å². The van der Waals surface area contributed by atoms with Gasteiger partial charge in [-0.05, 0) is 53.8 Å². The Morgan fingerprint density at radius 1 is 1.22 bits per heavy atom. The Morgan fingerprint density at radius 2 is 2.00 bits per heavy atom. The van der Waals surface area contributed by atoms with Gasteiger partial charge in [0.25, 0.3) is 5.92 Å². The third-order valence-electron chi connectivity index (χ3n) is 7.48. The number of fused-ring (bicyclic) bond motifs is 1. The fourth-order valence-corrected chi connectivity index (χ4v) is 5.11. The van der Waals surface area contributed by atoms with E-state index in [1.54, 1.807) is 12.1 Å². The molecule has 2 aliphatic rings. The Balaban J connectivity index is 1.31. The predicted molar refractivity (Wildman–Crippen MR) is 151 cm³/mol. The van der Waals surface area contributed by atoms with Gasteiger partial charge in [-0.1, -0.05) is 36.4 Å². The van der Waals surface area contributed by atoms with Crippen LogP contribution in [0.4, 0.5) is 14.6 Å². The molecule has 1 saturated carbocycles. The Kier molecular flexibility index (Phi) is 8.03. The number of alkyl halides is 2. The summed E-state index contributed by atoms with van der Waals surface area (Å²) in [7, 11) is 1.32. The van der Waals surface area contributed by atoms with Gasteiger partial charge in [0.15, 0.2) is 0 Å². The Bertz CT molecular complexity index is 1510. The maximum absolute atomic E-state index is 13.4. The second-order valence-electron chi connectivity index (χ2n) is 10.4. The average molecular weight is 563 g/mol. The van der Waals surface area contributed by atoms with Gasteiger partial charge in [0.1, 0.15) is 23.7 Å². The fourth-order valence-electron chi connectivity index (χ4n) is 5.11. The number of aliphatic carboxylic acids is 1. The van der Waals surface area contributed by atoms with Gasteiger partial charge in [-0.25, -0.2) is 18.6 Å². The molecule has 3 N–H and O–H groups in total. The minimum absolute atomic E-state index is 0.00544. The molecule has 0 radical (unpaired) electrons. The number of hydrogen-bond acceptors (Lipinski definition) is 7. The number of aromatic nitrogens is 1. The molecule has 10 heteroatoms. The lowest BCUT2D eigenvalue weighted by Crippen LogP contribution is -2.33. The van der Waals surface area contributed by atoms with Gasteiger partial charge in [0.05, 0.1) is 12.8 Å². The summed E-state index contributed by atoms with van der Waals surface area (Å²) in [5, 5.41) is 19.6. The molecular weight excluding hydrogens is 530 g/mol. The first-order valence-corrected chi connectivity index (χ1v) is 13.4. The molecule has 1 unspecified atom stereocenters. The number of nitrogens with one attached hydrogen (secondary N) is 2. The number of benzene rings is 2. The minimum Gasteiger partial charge on any atom is -0.488 e. The summed E-state index contributed by atoms with van der Waals surface area (Å²) >= 11 is 0. The summed E-state index contributed by atoms with van der Waals surface area (Å²) < 4.78 is 38.2. The van der Waals surface area contributed by atoms with E-state index < -0.39 is 17.8 Å². The molecule has 1 aliphatic carbocycles. The summed E-state index contributed by atoms with van der Waals surface area (Å²) in [6.07, 6.45) is 1.53. The molecule has 0 saturated heterocycles. The number of hydrogen-bond donors (Lipinski definition) is 3. The molecule has 41 heavy (non-hydrogen) atoms. The largest absolute Gasteiger partial charge is 0.488 e. The number of carbonyl (C=O) groups is 1. The lowest BCUT2D eigenvalue weighted by Gasteiger charge is -2.29. The van der Waals surface area contributed by atoms with Gasteiger partial charge in [0.2, 0.25) is 5.88 Å². The Hall–Kier alpha value is -4.31. The molecule has 1 aromatic heterocycles. The first-order chi connectivity index (χ1) is 19.7. The van der Waals surface area contributed by atoms with Crippen molar-refractivity contribution in [1.82, 2.24) is 9.88 Å². The highest BCUT2D eigenvalue weighted by molar-refractivity contribution is 6.08. The third-order valence-corrected chi connectivity index (χ3v) is 7.48. The number of methoxy groups -OCH3 is 1. The highest BCUT2D eigenvalue weighted by Crippen LogP contribution is 2.49. The lowest BCUT2D eigenvalue weighted by molar-refractivity contribution is -0.132. The van der Waals surface area contributed by atoms with Gasteiger partial charge >= 0.3 is 5.97 Å². The van der Waals surface area contributed by atoms with E-state index >= 15 is 0 Å². The van der Waals surface area contributed by atoms with E-state index in [1.165, 1.54) is 18.2 Å². The summed E-state index contributed by atoms with van der Waals surface area (Å²) in [4.78, 5) is 18.2. The highest BCUT2D eigenvalue weighted by Gasteiger charge is 2.57. The standard InChI is InChI=1S/C31H32F2N4O4/c1-19-5-3-6-24(26-7-4-8-27(35-26)36-29(40-2)25(15-34)30(38)39)28(19)41-18-20-9-10-22-16-37(12-11-21(22)13-20)17-23-14-31(23,32)33/h3-10,13,15,23,34H,11-12,14,16-18H2,1-2H3,(H,35,36)(H,38,39)/b29-25-,34-15?. The number of carboxylic acids is 1. The van der Waals surface area contributed by atoms with Crippen LogP contribution in [-0.4, -0.2) is 53.3 Å². The van der Waals surface area contributed by atoms with E-state index in [2.05, 4.69) is 27.3 Å². The topological polar surface area (TPSA) is 108 Å². The molecule has 8 nitrogen and oxygen atoms in total. The quantitative estimate of drug-likeness (QED) is 0.157. The maximum Gasteiger partial charge on any atom is 0.342 e. The maximum atomic E-state index is 13.4. The first kappa shape index (κ1) is 28.2. The second kappa shape index (κ2) is 11.7. The van der Waals surface area contributed by atoms with Crippen LogP contribution in [0, 0.1) is 18.3 Å². The van der Waals surface area contributed by atoms with Crippen LogP contribution in [0.2, 0.25) is 0 Å². The molecule has 3 aromatic rings. The van der Waals surface area contributed by atoms with Crippen molar-refractivity contribution in [3.8, 4) is 17.0 Å². The zero-order valence-corrected chi connectivity index (χ0v) is 22.9. The van der Waals surface area contributed by atoms with E-state index in [-0.39, 0.29) is 17.9 Å². The number of pyridine rings is 1. The van der Waals surface area contributed by atoms with Crippen LogP contribution in [0.3, 0.4) is 0 Å². The van der Waals surface area contributed by atoms with Crippen molar-refractivity contribution in [2.45, 2.75) is 38.8 Å². The predicted octanol–water partition coefficient (Wildman–Crippen LogP) is 5.65. The Labute approximate surface area is 237 Å². The minimum atomic E-state index is -2.49. The number of halogens is 2. The van der Waals surface area contributed by atoms with E-state index in [0.717, 1.165) is 29.7 Å². The summed E-state index contributed by atoms with van der Waals surface area (Å²) in [6.45, 7) is 4.22. The lowest BCUT2D eigenvalue weighted by atomic mass is 9.97. The first-order valence-electron chi connectivity index (χ1n) is 13.4. The van der Waals surface area contributed by atoms with Crippen LogP contribution < -0.4 is 10.1 Å². The number of para-hydroxylation sites is 1. The van der Waals surface area contributed by atoms with Gasteiger partial charge in [-0.2, -0.15) is 0 Å². The van der Waals surface area contributed by atoms with E-state index in [0.29, 0.717) is 43.2 Å². The van der Waals surface area contributed by atoms with Crippen LogP contribution >= 0.6 is 0 Å². The van der Waals surface area contributed by atoms with Crippen molar-refractivity contribution in [2.75, 3.05) is 25.5 Å². The van der Waals surface area contributed by atoms with Crippen molar-refractivity contribution in [2.24, 2.45) is 5.92 Å². The number of anilines is 1. The SMILES string of the molecule is CO/C(Nc1cccc(-c2cccc(C)c2OCc2ccc3c(c2)CCN(CC2CC2(F)F)C3)n1)=C(/C=N)C(=O)O. The molecule has 214 valence electrons. The molecule has 0 amide bonds. The Morgan fingerprint density at radius 3 is 2.71 bits per heavy atom. The summed E-state index contributed by atoms with van der Waals surface area (Å²) in [5.74, 6) is -3.36. The van der Waals surface area contributed by atoms with Crippen molar-refractivity contribution in [3.05, 3.63) is 88.3 Å². The zero-order chi connectivity index (χ0) is 29.1. The van der Waals surface area contributed by atoms with E-state index in [4.69, 9.17) is 14.9 Å². The van der Waals surface area contributed by atoms with Crippen LogP contribution in [0.1, 0.15) is 28.7 Å². The van der Waals surface area contributed by atoms with Crippen LogP contribution in [0.15, 0.2) is 66.1 Å². The van der Waals surface area contributed by atoms with Crippen molar-refractivity contribution < 1.29 is 28.2 Å². The van der Waals surface area contributed by atoms with Gasteiger partial charge < -0.3 is 25.3 Å². The molecule has 1 aliphatic heterocycles. The number of nitrogens with zero attached hydrogens (tertiary/aromatic N) is 2. The number of rotatable bonds is 11. The van der Waals surface area contributed by atoms with E-state index in [9.17, 15) is 18.7 Å². The second-order valence-corrected chi connectivity index (χ2v) is 10.4. The van der Waals surface area contributed by atoms with Crippen LogP contribution in [-0.2, 0) is 29.1 Å². The smallest absolute Gasteiger partial charge is 0.342 e. The van der Waals surface area contributed by atoms with Gasteiger partial charge in [-0.15, -0.1) is 0 Å². The molecular formula is C31H32F2N4O4. The molecule has 0 spiro atoms. The van der Waals surface area contributed by atoms with Crippen molar-refractivity contribution in [1.29, 1.82) is 5.41 Å². The summed E-state index contributed by atoms with van der Waals surface area (Å²) in [5.41, 5.74) is 5.40. The van der Waals surface area contributed by atoms with Gasteiger partial charge in [0, 0.05) is 43.8 Å². The van der Waals surface area contributed by atoms with Crippen LogP contribution in [0.5, 0.6) is 5.75 Å². The molecule has 0 bridgehead atoms.